The maximum Gasteiger partial charge on any atom is 0.407 e. The van der Waals surface area contributed by atoms with E-state index in [1.807, 2.05) is 33.8 Å². The number of ether oxygens (including phenoxy) is 2. The van der Waals surface area contributed by atoms with Crippen LogP contribution in [0.2, 0.25) is 0 Å². The molecule has 0 aliphatic rings. The third-order valence-electron chi connectivity index (χ3n) is 3.50. The summed E-state index contributed by atoms with van der Waals surface area (Å²) in [5, 5.41) is 11.8. The zero-order valence-corrected chi connectivity index (χ0v) is 15.5. The van der Waals surface area contributed by atoms with Gasteiger partial charge in [-0.15, -0.1) is 0 Å². The Morgan fingerprint density at radius 1 is 1.40 bits per heavy atom. The van der Waals surface area contributed by atoms with Crippen LogP contribution in [0.4, 0.5) is 10.5 Å². The first kappa shape index (κ1) is 20.8. The summed E-state index contributed by atoms with van der Waals surface area (Å²) in [5.41, 5.74) is 0.921. The Balaban J connectivity index is 2.70. The second-order valence-corrected chi connectivity index (χ2v) is 6.77. The lowest BCUT2D eigenvalue weighted by atomic mass is 10.0. The maximum atomic E-state index is 11.9. The number of hydrogen-bond acceptors (Lipinski definition) is 4. The van der Waals surface area contributed by atoms with E-state index < -0.39 is 11.7 Å². The number of hydrogen-bond donors (Lipinski definition) is 2. The molecule has 6 nitrogen and oxygen atoms in total. The van der Waals surface area contributed by atoms with E-state index in [4.69, 9.17) is 21.2 Å². The first-order chi connectivity index (χ1) is 11.8. The van der Waals surface area contributed by atoms with Gasteiger partial charge < -0.3 is 19.9 Å². The Kier molecular flexibility index (Phi) is 8.23. The molecule has 138 valence electrons. The molecule has 0 aliphatic heterocycles. The van der Waals surface area contributed by atoms with Crippen LogP contribution in [0.25, 0.3) is 4.85 Å². The fourth-order valence-corrected chi connectivity index (χ4v) is 2.29. The van der Waals surface area contributed by atoms with Crippen LogP contribution < -0.4 is 10.1 Å². The molecule has 25 heavy (non-hydrogen) atoms. The number of nitrogens with one attached hydrogen (secondary N) is 1. The molecule has 0 fully saturated rings. The fourth-order valence-electron chi connectivity index (χ4n) is 2.29. The lowest BCUT2D eigenvalue weighted by molar-refractivity contribution is 0.0500. The van der Waals surface area contributed by atoms with Gasteiger partial charge in [0.15, 0.2) is 5.69 Å². The molecule has 1 aromatic carbocycles. The Hall–Kier alpha value is -2.26. The van der Waals surface area contributed by atoms with E-state index in [0.717, 1.165) is 18.4 Å². The number of aliphatic hydroxyl groups is 1. The van der Waals surface area contributed by atoms with Crippen LogP contribution >= 0.6 is 0 Å². The molecule has 0 radical (unpaired) electrons. The van der Waals surface area contributed by atoms with Crippen molar-refractivity contribution in [2.24, 2.45) is 0 Å². The average Bonchev–Trinajstić information content (AvgIpc) is 2.55. The summed E-state index contributed by atoms with van der Waals surface area (Å²) in [5.74, 6) is 0.606. The molecule has 0 aromatic heterocycles. The highest BCUT2D eigenvalue weighted by Crippen LogP contribution is 2.27. The standard InChI is InChI=1S/C19H28N2O4/c1-6-15(21-18(23)25-19(2,3)4)9-7-14-8-10-16(20-5)13-17(14)24-12-11-22/h8,10,13,15,22H,6-7,9,11-12H2,1-4H3,(H,21,23)/t15-/m1/s1. The third kappa shape index (κ3) is 7.90. The summed E-state index contributed by atoms with van der Waals surface area (Å²) in [7, 11) is 0. The Morgan fingerprint density at radius 3 is 2.68 bits per heavy atom. The van der Waals surface area contributed by atoms with Gasteiger partial charge in [0.2, 0.25) is 0 Å². The van der Waals surface area contributed by atoms with Crippen molar-refractivity contribution in [3.05, 3.63) is 35.2 Å². The summed E-state index contributed by atoms with van der Waals surface area (Å²) < 4.78 is 10.8. The van der Waals surface area contributed by atoms with Crippen molar-refractivity contribution in [2.75, 3.05) is 13.2 Å². The highest BCUT2D eigenvalue weighted by molar-refractivity contribution is 5.68. The summed E-state index contributed by atoms with van der Waals surface area (Å²) in [6.45, 7) is 14.7. The molecule has 0 unspecified atom stereocenters. The molecule has 1 atom stereocenters. The van der Waals surface area contributed by atoms with Gasteiger partial charge in [-0.25, -0.2) is 9.64 Å². The molecule has 0 heterocycles. The van der Waals surface area contributed by atoms with Gasteiger partial charge in [-0.3, -0.25) is 0 Å². The highest BCUT2D eigenvalue weighted by Gasteiger charge is 2.19. The molecular formula is C19H28N2O4. The van der Waals surface area contributed by atoms with E-state index in [2.05, 4.69) is 10.2 Å². The van der Waals surface area contributed by atoms with Crippen LogP contribution in [0.3, 0.4) is 0 Å². The summed E-state index contributed by atoms with van der Waals surface area (Å²) in [6, 6.07) is 5.28. The minimum atomic E-state index is -0.525. The first-order valence-corrected chi connectivity index (χ1v) is 8.52. The van der Waals surface area contributed by atoms with E-state index in [-0.39, 0.29) is 19.3 Å². The number of aliphatic hydroxyl groups excluding tert-OH is 1. The predicted molar refractivity (Wildman–Crippen MR) is 97.1 cm³/mol. The van der Waals surface area contributed by atoms with Crippen LogP contribution in [0.15, 0.2) is 18.2 Å². The van der Waals surface area contributed by atoms with Crippen LogP contribution in [0.1, 0.15) is 46.1 Å². The molecule has 0 saturated heterocycles. The molecule has 1 aromatic rings. The van der Waals surface area contributed by atoms with Gasteiger partial charge in [0, 0.05) is 6.04 Å². The summed E-state index contributed by atoms with van der Waals surface area (Å²) in [4.78, 5) is 15.3. The van der Waals surface area contributed by atoms with Gasteiger partial charge in [0.25, 0.3) is 0 Å². The zero-order chi connectivity index (χ0) is 18.9. The normalized spacial score (nSPS) is 12.2. The largest absolute Gasteiger partial charge is 0.492 e. The van der Waals surface area contributed by atoms with Gasteiger partial charge in [0.05, 0.1) is 13.2 Å². The minimum absolute atomic E-state index is 0.0129. The van der Waals surface area contributed by atoms with Gasteiger partial charge in [-0.2, -0.15) is 0 Å². The maximum absolute atomic E-state index is 11.9. The fraction of sp³-hybridized carbons (Fsp3) is 0.579. The van der Waals surface area contributed by atoms with E-state index in [1.165, 1.54) is 0 Å². The quantitative estimate of drug-likeness (QED) is 0.700. The summed E-state index contributed by atoms with van der Waals surface area (Å²) in [6.07, 6.45) is 1.78. The molecular weight excluding hydrogens is 320 g/mol. The van der Waals surface area contributed by atoms with Crippen molar-refractivity contribution in [2.45, 2.75) is 58.6 Å². The molecule has 6 heteroatoms. The molecule has 2 N–H and O–H groups in total. The number of aryl methyl sites for hydroxylation is 1. The monoisotopic (exact) mass is 348 g/mol. The number of benzene rings is 1. The SMILES string of the molecule is [C-]#[N+]c1ccc(CC[C@@H](CC)NC(=O)OC(C)(C)C)c(OCCO)c1. The average molecular weight is 348 g/mol. The summed E-state index contributed by atoms with van der Waals surface area (Å²) >= 11 is 0. The molecule has 1 amide bonds. The van der Waals surface area contributed by atoms with Gasteiger partial charge >= 0.3 is 6.09 Å². The Bertz CT molecular complexity index is 602. The van der Waals surface area contributed by atoms with E-state index in [1.54, 1.807) is 12.1 Å². The van der Waals surface area contributed by atoms with E-state index in [0.29, 0.717) is 17.9 Å². The third-order valence-corrected chi connectivity index (χ3v) is 3.50. The number of carbonyl (C=O) groups excluding carboxylic acids is 1. The van der Waals surface area contributed by atoms with Gasteiger partial charge in [0.1, 0.15) is 18.0 Å². The Morgan fingerprint density at radius 2 is 2.12 bits per heavy atom. The molecule has 0 spiro atoms. The van der Waals surface area contributed by atoms with Crippen LogP contribution in [0.5, 0.6) is 5.75 Å². The van der Waals surface area contributed by atoms with Crippen molar-refractivity contribution < 1.29 is 19.4 Å². The highest BCUT2D eigenvalue weighted by atomic mass is 16.6. The van der Waals surface area contributed by atoms with Gasteiger partial charge in [-0.05, 0) is 51.7 Å². The molecule has 1 rings (SSSR count). The zero-order valence-electron chi connectivity index (χ0n) is 15.5. The van der Waals surface area contributed by atoms with Crippen molar-refractivity contribution in [3.63, 3.8) is 0 Å². The number of rotatable bonds is 8. The Labute approximate surface area is 150 Å². The first-order valence-electron chi connectivity index (χ1n) is 8.52. The predicted octanol–water partition coefficient (Wildman–Crippen LogP) is 3.84. The van der Waals surface area contributed by atoms with Crippen molar-refractivity contribution in [1.29, 1.82) is 0 Å². The van der Waals surface area contributed by atoms with E-state index >= 15 is 0 Å². The number of nitrogens with zero attached hydrogens (tertiary/aromatic N) is 1. The number of amides is 1. The molecule has 0 saturated carbocycles. The second kappa shape index (κ2) is 9.90. The minimum Gasteiger partial charge on any atom is -0.492 e. The van der Waals surface area contributed by atoms with Crippen molar-refractivity contribution in [3.8, 4) is 5.75 Å². The molecule has 0 bridgehead atoms. The topological polar surface area (TPSA) is 72.2 Å². The lowest BCUT2D eigenvalue weighted by Crippen LogP contribution is -2.39. The number of alkyl carbamates (subject to hydrolysis) is 1. The smallest absolute Gasteiger partial charge is 0.407 e. The second-order valence-electron chi connectivity index (χ2n) is 6.77. The van der Waals surface area contributed by atoms with Gasteiger partial charge in [-0.1, -0.05) is 19.1 Å². The van der Waals surface area contributed by atoms with Crippen LogP contribution in [0, 0.1) is 6.57 Å². The van der Waals surface area contributed by atoms with Crippen LogP contribution in [-0.4, -0.2) is 36.1 Å². The lowest BCUT2D eigenvalue weighted by Gasteiger charge is -2.23. The number of carbonyl (C=O) groups is 1. The molecule has 0 aliphatic carbocycles. The van der Waals surface area contributed by atoms with Crippen LogP contribution in [-0.2, 0) is 11.2 Å². The van der Waals surface area contributed by atoms with Crippen molar-refractivity contribution >= 4 is 11.8 Å². The van der Waals surface area contributed by atoms with E-state index in [9.17, 15) is 4.79 Å². The van der Waals surface area contributed by atoms with Crippen molar-refractivity contribution in [1.82, 2.24) is 5.32 Å².